The van der Waals surface area contributed by atoms with E-state index in [9.17, 15) is 17.2 Å². The van der Waals surface area contributed by atoms with Crippen LogP contribution in [0.1, 0.15) is 6.42 Å². The minimum atomic E-state index is -4.11. The maximum atomic E-state index is 13.4. The van der Waals surface area contributed by atoms with E-state index in [0.717, 1.165) is 50.4 Å². The van der Waals surface area contributed by atoms with Crippen LogP contribution in [0.3, 0.4) is 0 Å². The van der Waals surface area contributed by atoms with Crippen molar-refractivity contribution in [1.82, 2.24) is 4.90 Å². The first kappa shape index (κ1) is 18.6. The van der Waals surface area contributed by atoms with Crippen molar-refractivity contribution in [2.45, 2.75) is 16.2 Å². The van der Waals surface area contributed by atoms with Crippen molar-refractivity contribution in [2.24, 2.45) is 0 Å². The lowest BCUT2D eigenvalue weighted by Gasteiger charge is -2.23. The van der Waals surface area contributed by atoms with Crippen LogP contribution in [-0.2, 0) is 9.84 Å². The minimum Gasteiger partial charge on any atom is -0.398 e. The minimum absolute atomic E-state index is 0.0600. The highest BCUT2D eigenvalue weighted by Crippen LogP contribution is 2.30. The van der Waals surface area contributed by atoms with E-state index in [0.29, 0.717) is 6.07 Å². The monoisotopic (exact) mass is 381 g/mol. The molecule has 1 aliphatic heterocycles. The van der Waals surface area contributed by atoms with E-state index in [2.05, 4.69) is 16.8 Å². The Morgan fingerprint density at radius 1 is 0.962 bits per heavy atom. The summed E-state index contributed by atoms with van der Waals surface area (Å²) in [5.74, 6) is -1.90. The van der Waals surface area contributed by atoms with Crippen molar-refractivity contribution in [3.8, 4) is 0 Å². The molecule has 0 saturated carbocycles. The lowest BCUT2D eigenvalue weighted by Crippen LogP contribution is -2.28. The van der Waals surface area contributed by atoms with Gasteiger partial charge in [-0.2, -0.15) is 0 Å². The Kier molecular flexibility index (Phi) is 5.15. The highest BCUT2D eigenvalue weighted by atomic mass is 32.2. The summed E-state index contributed by atoms with van der Waals surface area (Å²) < 4.78 is 52.2. The molecular formula is C18H21F2N3O2S. The normalized spacial score (nSPS) is 16.5. The average Bonchev–Trinajstić information content (AvgIpc) is 2.78. The number of rotatable bonds is 3. The fourth-order valence-electron chi connectivity index (χ4n) is 3.09. The third-order valence-electron chi connectivity index (χ3n) is 4.51. The third kappa shape index (κ3) is 3.81. The molecule has 0 spiro atoms. The number of benzene rings is 2. The fourth-order valence-corrected chi connectivity index (χ4v) is 4.50. The number of nitrogens with two attached hydrogens (primary N) is 1. The van der Waals surface area contributed by atoms with Crippen molar-refractivity contribution in [3.63, 3.8) is 0 Å². The zero-order valence-electron chi connectivity index (χ0n) is 14.5. The molecule has 5 nitrogen and oxygen atoms in total. The first-order valence-electron chi connectivity index (χ1n) is 8.31. The van der Waals surface area contributed by atoms with Gasteiger partial charge in [-0.05, 0) is 50.3 Å². The standard InChI is InChI=1S/C18H21F2N3O2S/c1-22-5-2-6-23(8-7-22)15-3-4-18(17(21)12-15)26(24,25)16-10-13(19)9-14(20)11-16/h3-4,9-12H,2,5-8,21H2,1H3. The molecule has 140 valence electrons. The molecule has 1 heterocycles. The molecule has 1 aliphatic rings. The second-order valence-electron chi connectivity index (χ2n) is 6.47. The topological polar surface area (TPSA) is 66.6 Å². The molecule has 26 heavy (non-hydrogen) atoms. The summed E-state index contributed by atoms with van der Waals surface area (Å²) in [7, 11) is -2.05. The Morgan fingerprint density at radius 2 is 1.65 bits per heavy atom. The van der Waals surface area contributed by atoms with E-state index in [4.69, 9.17) is 5.73 Å². The Bertz CT molecular complexity index is 898. The number of hydrogen-bond acceptors (Lipinski definition) is 5. The molecule has 0 amide bonds. The molecule has 0 bridgehead atoms. The van der Waals surface area contributed by atoms with Crippen LogP contribution in [0.2, 0.25) is 0 Å². The molecular weight excluding hydrogens is 360 g/mol. The predicted molar refractivity (Wildman–Crippen MR) is 97.0 cm³/mol. The smallest absolute Gasteiger partial charge is 0.208 e. The molecule has 8 heteroatoms. The SMILES string of the molecule is CN1CCCN(c2ccc(S(=O)(=O)c3cc(F)cc(F)c3)c(N)c2)CC1. The van der Waals surface area contributed by atoms with Gasteiger partial charge < -0.3 is 15.5 Å². The average molecular weight is 381 g/mol. The molecule has 1 saturated heterocycles. The van der Waals surface area contributed by atoms with Gasteiger partial charge in [-0.15, -0.1) is 0 Å². The van der Waals surface area contributed by atoms with E-state index in [-0.39, 0.29) is 10.6 Å². The predicted octanol–water partition coefficient (Wildman–Crippen LogP) is 2.52. The van der Waals surface area contributed by atoms with Gasteiger partial charge in [-0.25, -0.2) is 17.2 Å². The number of nitrogens with zero attached hydrogens (tertiary/aromatic N) is 2. The lowest BCUT2D eigenvalue weighted by atomic mass is 10.2. The van der Waals surface area contributed by atoms with E-state index in [1.54, 1.807) is 12.1 Å². The van der Waals surface area contributed by atoms with Crippen LogP contribution in [0.15, 0.2) is 46.2 Å². The molecule has 1 fully saturated rings. The van der Waals surface area contributed by atoms with Crippen LogP contribution in [-0.4, -0.2) is 46.5 Å². The summed E-state index contributed by atoms with van der Waals surface area (Å²) in [5.41, 5.74) is 6.89. The van der Waals surface area contributed by atoms with Crippen molar-refractivity contribution in [3.05, 3.63) is 48.0 Å². The highest BCUT2D eigenvalue weighted by molar-refractivity contribution is 7.91. The fraction of sp³-hybridized carbons (Fsp3) is 0.333. The quantitative estimate of drug-likeness (QED) is 0.828. The molecule has 2 N–H and O–H groups in total. The second kappa shape index (κ2) is 7.20. The van der Waals surface area contributed by atoms with E-state index in [1.807, 2.05) is 0 Å². The Hall–Kier alpha value is -2.19. The first-order valence-corrected chi connectivity index (χ1v) is 9.80. The first-order chi connectivity index (χ1) is 12.3. The van der Waals surface area contributed by atoms with Crippen LogP contribution in [0.5, 0.6) is 0 Å². The summed E-state index contributed by atoms with van der Waals surface area (Å²) in [6, 6.07) is 6.89. The summed E-state index contributed by atoms with van der Waals surface area (Å²) in [6.07, 6.45) is 0.999. The Labute approximate surface area is 151 Å². The van der Waals surface area contributed by atoms with Gasteiger partial charge in [0.2, 0.25) is 9.84 Å². The van der Waals surface area contributed by atoms with Gasteiger partial charge in [-0.3, -0.25) is 0 Å². The summed E-state index contributed by atoms with van der Waals surface area (Å²) in [5, 5.41) is 0. The largest absolute Gasteiger partial charge is 0.398 e. The number of sulfone groups is 1. The van der Waals surface area contributed by atoms with Gasteiger partial charge in [-0.1, -0.05) is 0 Å². The number of hydrogen-bond donors (Lipinski definition) is 1. The van der Waals surface area contributed by atoms with Crippen LogP contribution in [0.4, 0.5) is 20.2 Å². The summed E-state index contributed by atoms with van der Waals surface area (Å²) >= 11 is 0. The molecule has 2 aromatic rings. The van der Waals surface area contributed by atoms with Crippen LogP contribution < -0.4 is 10.6 Å². The number of anilines is 2. The molecule has 0 aromatic heterocycles. The highest BCUT2D eigenvalue weighted by Gasteiger charge is 2.23. The van der Waals surface area contributed by atoms with Crippen molar-refractivity contribution in [2.75, 3.05) is 43.9 Å². The maximum absolute atomic E-state index is 13.4. The van der Waals surface area contributed by atoms with Gasteiger partial charge in [0.1, 0.15) is 11.6 Å². The molecule has 0 atom stereocenters. The zero-order chi connectivity index (χ0) is 18.9. The van der Waals surface area contributed by atoms with Crippen molar-refractivity contribution < 1.29 is 17.2 Å². The summed E-state index contributed by atoms with van der Waals surface area (Å²) in [4.78, 5) is 3.78. The second-order valence-corrected chi connectivity index (χ2v) is 8.39. The molecule has 0 radical (unpaired) electrons. The Balaban J connectivity index is 1.94. The number of halogens is 2. The Morgan fingerprint density at radius 3 is 2.31 bits per heavy atom. The van der Waals surface area contributed by atoms with Gasteiger partial charge in [0.15, 0.2) is 0 Å². The maximum Gasteiger partial charge on any atom is 0.208 e. The van der Waals surface area contributed by atoms with Crippen molar-refractivity contribution in [1.29, 1.82) is 0 Å². The molecule has 2 aromatic carbocycles. The zero-order valence-corrected chi connectivity index (χ0v) is 15.3. The van der Waals surface area contributed by atoms with E-state index >= 15 is 0 Å². The third-order valence-corrected chi connectivity index (χ3v) is 6.32. The molecule has 0 unspecified atom stereocenters. The van der Waals surface area contributed by atoms with Crippen LogP contribution >= 0.6 is 0 Å². The molecule has 3 rings (SSSR count). The molecule has 0 aliphatic carbocycles. The lowest BCUT2D eigenvalue weighted by molar-refractivity contribution is 0.360. The van der Waals surface area contributed by atoms with Crippen molar-refractivity contribution >= 4 is 21.2 Å². The number of nitrogen functional groups attached to an aromatic ring is 1. The van der Waals surface area contributed by atoms with E-state index < -0.39 is 26.4 Å². The van der Waals surface area contributed by atoms with Gasteiger partial charge >= 0.3 is 0 Å². The van der Waals surface area contributed by atoms with Gasteiger partial charge in [0, 0.05) is 31.4 Å². The van der Waals surface area contributed by atoms with Crippen LogP contribution in [0, 0.1) is 11.6 Å². The van der Waals surface area contributed by atoms with E-state index in [1.165, 1.54) is 6.07 Å². The number of likely N-dealkylation sites (N-methyl/N-ethyl adjacent to an activating group) is 1. The summed E-state index contributed by atoms with van der Waals surface area (Å²) in [6.45, 7) is 3.58. The van der Waals surface area contributed by atoms with Gasteiger partial charge in [0.05, 0.1) is 15.5 Å². The van der Waals surface area contributed by atoms with Crippen LogP contribution in [0.25, 0.3) is 0 Å². The van der Waals surface area contributed by atoms with Gasteiger partial charge in [0.25, 0.3) is 0 Å².